The van der Waals surface area contributed by atoms with Crippen LogP contribution in [0.1, 0.15) is 21.6 Å². The first kappa shape index (κ1) is 17.9. The predicted octanol–water partition coefficient (Wildman–Crippen LogP) is 3.27. The lowest BCUT2D eigenvalue weighted by Gasteiger charge is -2.09. The van der Waals surface area contributed by atoms with E-state index in [1.165, 1.54) is 6.07 Å². The van der Waals surface area contributed by atoms with Gasteiger partial charge in [0.1, 0.15) is 28.6 Å². The number of carbonyl (C=O) groups is 1. The van der Waals surface area contributed by atoms with Crippen molar-refractivity contribution in [2.45, 2.75) is 6.54 Å². The van der Waals surface area contributed by atoms with Crippen molar-refractivity contribution in [2.24, 2.45) is 0 Å². The van der Waals surface area contributed by atoms with Crippen molar-refractivity contribution in [2.75, 3.05) is 21.2 Å². The minimum atomic E-state index is -0.430. The van der Waals surface area contributed by atoms with Crippen LogP contribution in [0, 0.1) is 0 Å². The average Bonchev–Trinajstić information content (AvgIpc) is 3.12. The average molecular weight is 380 g/mol. The predicted molar refractivity (Wildman–Crippen MR) is 105 cm³/mol. The zero-order valence-corrected chi connectivity index (χ0v) is 15.7. The van der Waals surface area contributed by atoms with Crippen molar-refractivity contribution < 1.29 is 24.5 Å². The molecule has 4 rings (SSSR count). The molecular weight excluding hydrogens is 360 g/mol. The molecule has 0 unspecified atom stereocenters. The van der Waals surface area contributed by atoms with Crippen molar-refractivity contribution in [1.29, 1.82) is 0 Å². The summed E-state index contributed by atoms with van der Waals surface area (Å²) in [5, 5.41) is 20.6. The van der Waals surface area contributed by atoms with Gasteiger partial charge < -0.3 is 29.6 Å². The standard InChI is InChI=1S/C21H20N2O5/c1-23(2)10-16-14(13-8-12(27-3)4-5-15(13)22-16)9-19-21(26)20-17(25)6-11(24)7-18(20)28-19/h4-9,22,24-25H,10H2,1-3H3. The van der Waals surface area contributed by atoms with Gasteiger partial charge in [-0.3, -0.25) is 4.79 Å². The van der Waals surface area contributed by atoms with Crippen LogP contribution < -0.4 is 9.47 Å². The molecule has 3 aromatic rings. The lowest BCUT2D eigenvalue weighted by atomic mass is 10.1. The summed E-state index contributed by atoms with van der Waals surface area (Å²) in [5.41, 5.74) is 2.69. The molecule has 0 bridgehead atoms. The van der Waals surface area contributed by atoms with Gasteiger partial charge in [-0.25, -0.2) is 0 Å². The summed E-state index contributed by atoms with van der Waals surface area (Å²) in [6, 6.07) is 8.12. The van der Waals surface area contributed by atoms with E-state index in [0.717, 1.165) is 28.2 Å². The molecule has 28 heavy (non-hydrogen) atoms. The van der Waals surface area contributed by atoms with E-state index in [0.29, 0.717) is 12.3 Å². The fourth-order valence-corrected chi connectivity index (χ4v) is 3.39. The number of nitrogens with one attached hydrogen (secondary N) is 1. The largest absolute Gasteiger partial charge is 0.508 e. The molecule has 0 spiro atoms. The summed E-state index contributed by atoms with van der Waals surface area (Å²) >= 11 is 0. The fraction of sp³-hybridized carbons (Fsp3) is 0.190. The van der Waals surface area contributed by atoms with Gasteiger partial charge in [-0.2, -0.15) is 0 Å². The summed E-state index contributed by atoms with van der Waals surface area (Å²) in [6.07, 6.45) is 1.66. The number of allylic oxidation sites excluding steroid dienone is 1. The summed E-state index contributed by atoms with van der Waals surface area (Å²) in [4.78, 5) is 18.2. The number of hydrogen-bond donors (Lipinski definition) is 3. The maximum atomic E-state index is 12.8. The summed E-state index contributed by atoms with van der Waals surface area (Å²) in [7, 11) is 5.51. The molecule has 0 radical (unpaired) electrons. The van der Waals surface area contributed by atoms with Crippen LogP contribution in [-0.4, -0.2) is 47.1 Å². The number of fused-ring (bicyclic) bond motifs is 2. The molecule has 0 fully saturated rings. The number of hydrogen-bond acceptors (Lipinski definition) is 6. The number of methoxy groups -OCH3 is 1. The number of aromatic hydroxyl groups is 2. The number of aromatic amines is 1. The number of ketones is 1. The van der Waals surface area contributed by atoms with Crippen molar-refractivity contribution in [3.8, 4) is 23.0 Å². The van der Waals surface area contributed by atoms with E-state index in [1.807, 2.05) is 37.2 Å². The molecule has 2 aromatic carbocycles. The first-order chi connectivity index (χ1) is 13.4. The Labute approximate surface area is 161 Å². The second-order valence-corrected chi connectivity index (χ2v) is 6.94. The Morgan fingerprint density at radius 2 is 2.00 bits per heavy atom. The first-order valence-electron chi connectivity index (χ1n) is 8.71. The van der Waals surface area contributed by atoms with Crippen LogP contribution in [0.4, 0.5) is 0 Å². The fourth-order valence-electron chi connectivity index (χ4n) is 3.39. The van der Waals surface area contributed by atoms with Gasteiger partial charge in [0.25, 0.3) is 0 Å². The van der Waals surface area contributed by atoms with E-state index in [1.54, 1.807) is 13.2 Å². The van der Waals surface area contributed by atoms with Crippen LogP contribution in [-0.2, 0) is 6.54 Å². The van der Waals surface area contributed by atoms with Gasteiger partial charge in [0.2, 0.25) is 5.78 Å². The Morgan fingerprint density at radius 3 is 2.71 bits per heavy atom. The number of Topliss-reactive ketones (excluding diaryl/α,β-unsaturated/α-hetero) is 1. The van der Waals surface area contributed by atoms with E-state index in [-0.39, 0.29) is 28.6 Å². The Kier molecular flexibility index (Phi) is 4.24. The van der Waals surface area contributed by atoms with E-state index < -0.39 is 5.78 Å². The van der Waals surface area contributed by atoms with Gasteiger partial charge in [0.05, 0.1) is 7.11 Å². The third-order valence-corrected chi connectivity index (χ3v) is 4.61. The van der Waals surface area contributed by atoms with Gasteiger partial charge in [-0.15, -0.1) is 0 Å². The number of phenols is 2. The number of H-pyrrole nitrogens is 1. The molecule has 144 valence electrons. The third-order valence-electron chi connectivity index (χ3n) is 4.61. The Morgan fingerprint density at radius 1 is 1.21 bits per heavy atom. The first-order valence-corrected chi connectivity index (χ1v) is 8.71. The highest BCUT2D eigenvalue weighted by atomic mass is 16.5. The molecule has 2 heterocycles. The maximum Gasteiger partial charge on any atom is 0.235 e. The second kappa shape index (κ2) is 6.61. The third kappa shape index (κ3) is 2.95. The molecule has 7 heteroatoms. The summed E-state index contributed by atoms with van der Waals surface area (Å²) in [5.74, 6) is 0.0144. The molecule has 0 amide bonds. The highest BCUT2D eigenvalue weighted by Crippen LogP contribution is 2.41. The lowest BCUT2D eigenvalue weighted by molar-refractivity contribution is 0.101. The SMILES string of the molecule is COc1ccc2[nH]c(CN(C)C)c(C=C3Oc4cc(O)cc(O)c4C3=O)c2c1. The number of rotatable bonds is 4. The minimum absolute atomic E-state index is 0.0515. The van der Waals surface area contributed by atoms with Crippen LogP contribution >= 0.6 is 0 Å². The monoisotopic (exact) mass is 380 g/mol. The number of aromatic nitrogens is 1. The molecule has 0 atom stereocenters. The Bertz CT molecular complexity index is 1130. The molecule has 0 saturated heterocycles. The number of benzene rings is 2. The van der Waals surface area contributed by atoms with Crippen LogP contribution in [0.3, 0.4) is 0 Å². The van der Waals surface area contributed by atoms with Gasteiger partial charge in [0.15, 0.2) is 5.76 Å². The Balaban J connectivity index is 1.86. The molecule has 1 aromatic heterocycles. The van der Waals surface area contributed by atoms with Crippen molar-refractivity contribution >= 4 is 22.8 Å². The van der Waals surface area contributed by atoms with Crippen molar-refractivity contribution in [3.63, 3.8) is 0 Å². The molecule has 3 N–H and O–H groups in total. The lowest BCUT2D eigenvalue weighted by Crippen LogP contribution is -2.12. The quantitative estimate of drug-likeness (QED) is 0.602. The van der Waals surface area contributed by atoms with Crippen molar-refractivity contribution in [1.82, 2.24) is 9.88 Å². The Hall–Kier alpha value is -3.45. The number of nitrogens with zero attached hydrogens (tertiary/aromatic N) is 1. The molecule has 0 aliphatic carbocycles. The molecular formula is C21H20N2O5. The van der Waals surface area contributed by atoms with Crippen molar-refractivity contribution in [3.05, 3.63) is 52.9 Å². The number of phenolic OH excluding ortho intramolecular Hbond substituents is 2. The maximum absolute atomic E-state index is 12.8. The highest BCUT2D eigenvalue weighted by molar-refractivity contribution is 6.17. The van der Waals surface area contributed by atoms with Crippen LogP contribution in [0.5, 0.6) is 23.0 Å². The topological polar surface area (TPSA) is 95.0 Å². The summed E-state index contributed by atoms with van der Waals surface area (Å²) in [6.45, 7) is 0.628. The van der Waals surface area contributed by atoms with Gasteiger partial charge in [0, 0.05) is 40.8 Å². The van der Waals surface area contributed by atoms with Crippen LogP contribution in [0.15, 0.2) is 36.1 Å². The molecule has 1 aliphatic rings. The van der Waals surface area contributed by atoms with Crippen LogP contribution in [0.25, 0.3) is 17.0 Å². The van der Waals surface area contributed by atoms with Gasteiger partial charge in [-0.1, -0.05) is 0 Å². The highest BCUT2D eigenvalue weighted by Gasteiger charge is 2.32. The van der Waals surface area contributed by atoms with E-state index in [9.17, 15) is 15.0 Å². The van der Waals surface area contributed by atoms with Gasteiger partial charge >= 0.3 is 0 Å². The van der Waals surface area contributed by atoms with Gasteiger partial charge in [-0.05, 0) is 38.4 Å². The smallest absolute Gasteiger partial charge is 0.235 e. The van der Waals surface area contributed by atoms with E-state index in [2.05, 4.69) is 4.98 Å². The molecule has 7 nitrogen and oxygen atoms in total. The van der Waals surface area contributed by atoms with E-state index >= 15 is 0 Å². The second-order valence-electron chi connectivity index (χ2n) is 6.94. The summed E-state index contributed by atoms with van der Waals surface area (Å²) < 4.78 is 11.0. The number of ether oxygens (including phenoxy) is 2. The zero-order valence-electron chi connectivity index (χ0n) is 15.7. The van der Waals surface area contributed by atoms with Crippen LogP contribution in [0.2, 0.25) is 0 Å². The normalized spacial score (nSPS) is 14.7. The molecule has 0 saturated carbocycles. The molecule has 1 aliphatic heterocycles. The van der Waals surface area contributed by atoms with E-state index in [4.69, 9.17) is 9.47 Å². The number of carbonyl (C=O) groups excluding carboxylic acids is 1. The minimum Gasteiger partial charge on any atom is -0.508 e. The zero-order chi connectivity index (χ0) is 20.0.